The number of hydrogen-bond donors (Lipinski definition) is 2. The summed E-state index contributed by atoms with van der Waals surface area (Å²) in [6, 6.07) is 0. The smallest absolute Gasteiger partial charge is 0.282 e. The second kappa shape index (κ2) is 15.3. The van der Waals surface area contributed by atoms with Crippen molar-refractivity contribution in [2.24, 2.45) is 11.7 Å². The molecule has 0 aliphatic rings. The first kappa shape index (κ1) is 22.8. The van der Waals surface area contributed by atoms with Crippen molar-refractivity contribution in [1.29, 1.82) is 0 Å². The van der Waals surface area contributed by atoms with Crippen LogP contribution >= 0.6 is 0 Å². The first-order valence-electron chi connectivity index (χ1n) is 9.24. The average molecular weight is 333 g/mol. The molecule has 140 valence electrons. The van der Waals surface area contributed by atoms with Crippen LogP contribution in [0, 0.1) is 5.92 Å². The third-order valence-corrected chi connectivity index (χ3v) is 4.51. The number of nitrogens with two attached hydrogens (primary N) is 1. The first-order valence-corrected chi connectivity index (χ1v) is 9.24. The molecule has 0 aromatic heterocycles. The number of hydrogen-bond acceptors (Lipinski definition) is 5. The maximum absolute atomic E-state index is 5.48. The van der Waals surface area contributed by atoms with Gasteiger partial charge in [0, 0.05) is 40.8 Å². The summed E-state index contributed by atoms with van der Waals surface area (Å²) in [7, 11) is 4.88. The van der Waals surface area contributed by atoms with Crippen LogP contribution in [0.4, 0.5) is 0 Å². The maximum Gasteiger partial charge on any atom is 0.282 e. The fourth-order valence-electron chi connectivity index (χ4n) is 3.09. The Hall–Kier alpha value is -0.200. The Morgan fingerprint density at radius 1 is 0.870 bits per heavy atom. The molecule has 0 aromatic carbocycles. The average Bonchev–Trinajstić information content (AvgIpc) is 2.58. The number of nitrogens with one attached hydrogen (secondary N) is 1. The second-order valence-corrected chi connectivity index (χ2v) is 6.23. The van der Waals surface area contributed by atoms with Crippen molar-refractivity contribution in [1.82, 2.24) is 5.32 Å². The molecule has 0 radical (unpaired) electrons. The Kier molecular flexibility index (Phi) is 15.2. The highest BCUT2D eigenvalue weighted by Crippen LogP contribution is 2.24. The Morgan fingerprint density at radius 3 is 2.09 bits per heavy atom. The van der Waals surface area contributed by atoms with Gasteiger partial charge in [0.1, 0.15) is 0 Å². The molecule has 0 spiro atoms. The monoisotopic (exact) mass is 332 g/mol. The van der Waals surface area contributed by atoms with Crippen LogP contribution in [-0.2, 0) is 14.2 Å². The van der Waals surface area contributed by atoms with Crippen LogP contribution in [0.25, 0.3) is 0 Å². The lowest BCUT2D eigenvalue weighted by Crippen LogP contribution is -2.35. The largest absolute Gasteiger partial charge is 0.331 e. The summed E-state index contributed by atoms with van der Waals surface area (Å²) in [5.41, 5.74) is 5.48. The normalized spacial score (nSPS) is 13.4. The zero-order valence-electron chi connectivity index (χ0n) is 15.9. The number of ether oxygens (including phenoxy) is 3. The zero-order chi connectivity index (χ0) is 17.4. The van der Waals surface area contributed by atoms with E-state index in [9.17, 15) is 0 Å². The van der Waals surface area contributed by atoms with Gasteiger partial charge >= 0.3 is 0 Å². The van der Waals surface area contributed by atoms with E-state index in [1.807, 2.05) is 0 Å². The van der Waals surface area contributed by atoms with Crippen molar-refractivity contribution >= 4 is 0 Å². The van der Waals surface area contributed by atoms with Crippen LogP contribution in [0.15, 0.2) is 0 Å². The van der Waals surface area contributed by atoms with Crippen molar-refractivity contribution in [3.8, 4) is 0 Å². The van der Waals surface area contributed by atoms with Gasteiger partial charge in [-0.3, -0.25) is 0 Å². The molecule has 1 unspecified atom stereocenters. The molecule has 0 rings (SSSR count). The summed E-state index contributed by atoms with van der Waals surface area (Å²) in [4.78, 5) is 0. The molecule has 5 nitrogen and oxygen atoms in total. The standard InChI is InChI=1S/C18H40N2O3/c1-5-10-17(12-9-15-20-16-14-19)11-7-6-8-13-18(21-2,22-3)23-4/h17,20H,5-16,19H2,1-4H3. The SMILES string of the molecule is CCCC(CCCCCC(OC)(OC)OC)CCCNCCN. The molecule has 5 heteroatoms. The third-order valence-electron chi connectivity index (χ3n) is 4.51. The highest BCUT2D eigenvalue weighted by atomic mass is 16.9. The number of unbranched alkanes of at least 4 members (excludes halogenated alkanes) is 2. The van der Waals surface area contributed by atoms with E-state index in [0.717, 1.165) is 38.4 Å². The topological polar surface area (TPSA) is 65.7 Å². The first-order chi connectivity index (χ1) is 11.2. The van der Waals surface area contributed by atoms with E-state index in [-0.39, 0.29) is 0 Å². The highest BCUT2D eigenvalue weighted by molar-refractivity contribution is 4.63. The molecule has 1 atom stereocenters. The van der Waals surface area contributed by atoms with Gasteiger partial charge in [0.25, 0.3) is 5.97 Å². The quantitative estimate of drug-likeness (QED) is 0.316. The highest BCUT2D eigenvalue weighted by Gasteiger charge is 2.28. The van der Waals surface area contributed by atoms with Gasteiger partial charge in [-0.2, -0.15) is 0 Å². The van der Waals surface area contributed by atoms with E-state index in [4.69, 9.17) is 19.9 Å². The van der Waals surface area contributed by atoms with E-state index < -0.39 is 5.97 Å². The molecule has 0 amide bonds. The lowest BCUT2D eigenvalue weighted by atomic mass is 9.92. The summed E-state index contributed by atoms with van der Waals surface area (Å²) in [5.74, 6) is -0.00555. The van der Waals surface area contributed by atoms with Crippen LogP contribution in [0.5, 0.6) is 0 Å². The molecule has 0 aliphatic carbocycles. The summed E-state index contributed by atoms with van der Waals surface area (Å²) in [6.07, 6.45) is 10.8. The van der Waals surface area contributed by atoms with Crippen molar-refractivity contribution in [2.75, 3.05) is 41.0 Å². The summed E-state index contributed by atoms with van der Waals surface area (Å²) < 4.78 is 16.0. The Morgan fingerprint density at radius 2 is 1.52 bits per heavy atom. The van der Waals surface area contributed by atoms with Crippen molar-refractivity contribution in [2.45, 2.75) is 70.7 Å². The minimum Gasteiger partial charge on any atom is -0.331 e. The number of methoxy groups -OCH3 is 3. The lowest BCUT2D eigenvalue weighted by Gasteiger charge is -2.28. The molecule has 0 saturated heterocycles. The molecular formula is C18H40N2O3. The predicted molar refractivity (Wildman–Crippen MR) is 96.4 cm³/mol. The van der Waals surface area contributed by atoms with E-state index >= 15 is 0 Å². The molecule has 0 saturated carbocycles. The number of rotatable bonds is 17. The lowest BCUT2D eigenvalue weighted by molar-refractivity contribution is -0.355. The molecule has 0 bridgehead atoms. The van der Waals surface area contributed by atoms with E-state index in [0.29, 0.717) is 0 Å². The van der Waals surface area contributed by atoms with Crippen LogP contribution in [0.3, 0.4) is 0 Å². The van der Waals surface area contributed by atoms with Gasteiger partial charge in [0.15, 0.2) is 0 Å². The van der Waals surface area contributed by atoms with Crippen LogP contribution in [0.1, 0.15) is 64.7 Å². The van der Waals surface area contributed by atoms with Gasteiger partial charge in [-0.25, -0.2) is 0 Å². The molecule has 0 heterocycles. The van der Waals surface area contributed by atoms with Crippen LogP contribution in [0.2, 0.25) is 0 Å². The van der Waals surface area contributed by atoms with E-state index in [2.05, 4.69) is 12.2 Å². The fourth-order valence-corrected chi connectivity index (χ4v) is 3.09. The van der Waals surface area contributed by atoms with E-state index in [1.165, 1.54) is 44.9 Å². The summed E-state index contributed by atoms with van der Waals surface area (Å²) >= 11 is 0. The van der Waals surface area contributed by atoms with Gasteiger partial charge in [-0.15, -0.1) is 0 Å². The Bertz CT molecular complexity index is 240. The van der Waals surface area contributed by atoms with Crippen LogP contribution in [-0.4, -0.2) is 46.9 Å². The van der Waals surface area contributed by atoms with Gasteiger partial charge in [0.2, 0.25) is 0 Å². The zero-order valence-corrected chi connectivity index (χ0v) is 15.9. The molecule has 0 aromatic rings. The van der Waals surface area contributed by atoms with Crippen molar-refractivity contribution < 1.29 is 14.2 Å². The molecule has 0 aliphatic heterocycles. The van der Waals surface area contributed by atoms with Gasteiger partial charge < -0.3 is 25.3 Å². The summed E-state index contributed by atoms with van der Waals surface area (Å²) in [6.45, 7) is 5.03. The maximum atomic E-state index is 5.48. The molecule has 0 fully saturated rings. The van der Waals surface area contributed by atoms with Gasteiger partial charge in [-0.1, -0.05) is 39.0 Å². The van der Waals surface area contributed by atoms with Gasteiger partial charge in [-0.05, 0) is 31.7 Å². The van der Waals surface area contributed by atoms with Crippen molar-refractivity contribution in [3.05, 3.63) is 0 Å². The second-order valence-electron chi connectivity index (χ2n) is 6.23. The molecular weight excluding hydrogens is 292 g/mol. The Labute approximate surface area is 143 Å². The minimum absolute atomic E-state index is 0.726. The predicted octanol–water partition coefficient (Wildman–Crippen LogP) is 3.27. The third kappa shape index (κ3) is 11.1. The Balaban J connectivity index is 3.82. The van der Waals surface area contributed by atoms with Crippen molar-refractivity contribution in [3.63, 3.8) is 0 Å². The minimum atomic E-state index is -0.864. The fraction of sp³-hybridized carbons (Fsp3) is 1.00. The molecule has 23 heavy (non-hydrogen) atoms. The van der Waals surface area contributed by atoms with Gasteiger partial charge in [0.05, 0.1) is 0 Å². The van der Waals surface area contributed by atoms with Crippen LogP contribution < -0.4 is 11.1 Å². The summed E-state index contributed by atoms with van der Waals surface area (Å²) in [5, 5.41) is 3.38. The van der Waals surface area contributed by atoms with E-state index in [1.54, 1.807) is 21.3 Å². The molecule has 3 N–H and O–H groups in total.